The third-order valence-electron chi connectivity index (χ3n) is 1.73. The van der Waals surface area contributed by atoms with Gasteiger partial charge in [0.15, 0.2) is 0 Å². The Hall–Kier alpha value is -1.35. The van der Waals surface area contributed by atoms with Crippen molar-refractivity contribution in [3.05, 3.63) is 24.3 Å². The summed E-state index contributed by atoms with van der Waals surface area (Å²) in [5.41, 5.74) is -0.263. The van der Waals surface area contributed by atoms with Crippen LogP contribution < -0.4 is 10.2 Å². The van der Waals surface area contributed by atoms with E-state index in [0.717, 1.165) is 18.2 Å². The van der Waals surface area contributed by atoms with Crippen LogP contribution >= 0.6 is 0 Å². The summed E-state index contributed by atoms with van der Waals surface area (Å²) in [6.45, 7) is 0. The number of hydrogen-bond acceptors (Lipinski definition) is 3. The molecule has 9 heteroatoms. The van der Waals surface area contributed by atoms with Crippen LogP contribution in [0.3, 0.4) is 0 Å². The minimum absolute atomic E-state index is 0.263. The predicted molar refractivity (Wildman–Crippen MR) is 47.9 cm³/mol. The highest BCUT2D eigenvalue weighted by molar-refractivity contribution is 6.58. The van der Waals surface area contributed by atoms with E-state index in [0.29, 0.717) is 6.07 Å². The van der Waals surface area contributed by atoms with E-state index in [1.807, 2.05) is 0 Å². The average molecular weight is 256 g/mol. The molecule has 0 aromatic heterocycles. The lowest BCUT2D eigenvalue weighted by molar-refractivity contribution is -0.360. The maximum Gasteiger partial charge on any atom is 0.499 e. The normalized spacial score (nSPS) is 12.4. The first-order valence-corrected chi connectivity index (χ1v) is 4.23. The largest absolute Gasteiger partial charge is 0.499 e. The van der Waals surface area contributed by atoms with Gasteiger partial charge in [-0.1, -0.05) is 12.1 Å². The number of alkyl halides is 5. The highest BCUT2D eigenvalue weighted by Crippen LogP contribution is 2.36. The molecule has 0 radical (unpaired) electrons. The van der Waals surface area contributed by atoms with Crippen LogP contribution in [0.4, 0.5) is 22.0 Å². The van der Waals surface area contributed by atoms with Crippen molar-refractivity contribution < 1.29 is 36.7 Å². The first kappa shape index (κ1) is 13.7. The van der Waals surface area contributed by atoms with Crippen molar-refractivity contribution in [3.63, 3.8) is 0 Å². The minimum Gasteiger partial charge on any atom is -0.426 e. The van der Waals surface area contributed by atoms with Gasteiger partial charge in [-0.2, -0.15) is 22.0 Å². The van der Waals surface area contributed by atoms with Crippen LogP contribution in [-0.2, 0) is 0 Å². The Kier molecular flexibility index (Phi) is 3.63. The quantitative estimate of drug-likeness (QED) is 0.624. The second kappa shape index (κ2) is 4.50. The second-order valence-electron chi connectivity index (χ2n) is 3.06. The number of hydrogen-bond donors (Lipinski definition) is 2. The Morgan fingerprint density at radius 3 is 2.12 bits per heavy atom. The summed E-state index contributed by atoms with van der Waals surface area (Å²) >= 11 is 0. The molecule has 3 nitrogen and oxygen atoms in total. The van der Waals surface area contributed by atoms with Gasteiger partial charge in [0.05, 0.1) is 0 Å². The van der Waals surface area contributed by atoms with Crippen molar-refractivity contribution in [3.8, 4) is 5.75 Å². The van der Waals surface area contributed by atoms with E-state index in [4.69, 9.17) is 10.0 Å². The van der Waals surface area contributed by atoms with E-state index < -0.39 is 25.2 Å². The van der Waals surface area contributed by atoms with Crippen LogP contribution in [0.2, 0.25) is 0 Å². The van der Waals surface area contributed by atoms with E-state index in [9.17, 15) is 22.0 Å². The molecule has 0 aliphatic rings. The average Bonchev–Trinajstić information content (AvgIpc) is 2.15. The van der Waals surface area contributed by atoms with Gasteiger partial charge >= 0.3 is 19.4 Å². The molecular weight excluding hydrogens is 250 g/mol. The molecule has 17 heavy (non-hydrogen) atoms. The monoisotopic (exact) mass is 256 g/mol. The van der Waals surface area contributed by atoms with Crippen molar-refractivity contribution in [2.24, 2.45) is 0 Å². The number of benzene rings is 1. The Balaban J connectivity index is 2.92. The van der Waals surface area contributed by atoms with Crippen molar-refractivity contribution in [2.75, 3.05) is 0 Å². The van der Waals surface area contributed by atoms with Crippen molar-refractivity contribution >= 4 is 12.6 Å². The predicted octanol–water partition coefficient (Wildman–Crippen LogP) is 0.900. The molecule has 0 saturated carbocycles. The third kappa shape index (κ3) is 3.30. The van der Waals surface area contributed by atoms with E-state index in [1.54, 1.807) is 0 Å². The minimum atomic E-state index is -5.85. The van der Waals surface area contributed by atoms with Crippen LogP contribution in [0.15, 0.2) is 24.3 Å². The zero-order valence-electron chi connectivity index (χ0n) is 8.08. The Morgan fingerprint density at radius 1 is 1.06 bits per heavy atom. The third-order valence-corrected chi connectivity index (χ3v) is 1.73. The molecule has 0 heterocycles. The highest BCUT2D eigenvalue weighted by atomic mass is 19.4. The van der Waals surface area contributed by atoms with Gasteiger partial charge in [-0.05, 0) is 17.6 Å². The topological polar surface area (TPSA) is 49.7 Å². The molecule has 2 N–H and O–H groups in total. The van der Waals surface area contributed by atoms with Crippen molar-refractivity contribution in [1.29, 1.82) is 0 Å². The van der Waals surface area contributed by atoms with Crippen LogP contribution in [0.1, 0.15) is 0 Å². The zero-order chi connectivity index (χ0) is 13.3. The van der Waals surface area contributed by atoms with Crippen molar-refractivity contribution in [2.45, 2.75) is 12.3 Å². The summed E-state index contributed by atoms with van der Waals surface area (Å²) in [6.07, 6.45) is -11.2. The summed E-state index contributed by atoms with van der Waals surface area (Å²) in [5.74, 6) is -0.821. The molecule has 0 amide bonds. The van der Waals surface area contributed by atoms with Crippen LogP contribution in [0, 0.1) is 0 Å². The van der Waals surface area contributed by atoms with Gasteiger partial charge in [-0.25, -0.2) is 0 Å². The molecule has 0 aliphatic carbocycles. The maximum atomic E-state index is 12.5. The van der Waals surface area contributed by atoms with Crippen LogP contribution in [0.25, 0.3) is 0 Å². The molecule has 0 fully saturated rings. The molecule has 0 aliphatic heterocycles. The number of halogens is 5. The molecule has 0 atom stereocenters. The number of rotatable bonds is 3. The van der Waals surface area contributed by atoms with Crippen LogP contribution in [0.5, 0.6) is 5.75 Å². The first-order valence-electron chi connectivity index (χ1n) is 4.23. The Morgan fingerprint density at radius 2 is 1.65 bits per heavy atom. The second-order valence-corrected chi connectivity index (χ2v) is 3.06. The van der Waals surface area contributed by atoms with Gasteiger partial charge in [0.2, 0.25) is 0 Å². The first-order chi connectivity index (χ1) is 7.63. The standard InChI is InChI=1S/C8H6BF5O3/c10-7(11,12)8(13,14)17-6-3-1-2-5(4-6)9(15)16/h1-4,15-16H. The van der Waals surface area contributed by atoms with Crippen LogP contribution in [-0.4, -0.2) is 29.5 Å². The summed E-state index contributed by atoms with van der Waals surface area (Å²) in [5, 5.41) is 17.4. The lowest BCUT2D eigenvalue weighted by Gasteiger charge is -2.20. The lowest BCUT2D eigenvalue weighted by atomic mass is 9.80. The number of ether oxygens (including phenoxy) is 1. The van der Waals surface area contributed by atoms with Gasteiger partial charge in [0.25, 0.3) is 0 Å². The molecule has 0 saturated heterocycles. The van der Waals surface area contributed by atoms with E-state index in [2.05, 4.69) is 4.74 Å². The fourth-order valence-corrected chi connectivity index (χ4v) is 0.945. The van der Waals surface area contributed by atoms with Gasteiger partial charge in [0, 0.05) is 0 Å². The van der Waals surface area contributed by atoms with E-state index >= 15 is 0 Å². The molecule has 1 aromatic rings. The van der Waals surface area contributed by atoms with Gasteiger partial charge in [0.1, 0.15) is 5.75 Å². The summed E-state index contributed by atoms with van der Waals surface area (Å²) < 4.78 is 63.8. The molecule has 0 spiro atoms. The summed E-state index contributed by atoms with van der Waals surface area (Å²) in [7, 11) is -1.99. The maximum absolute atomic E-state index is 12.5. The van der Waals surface area contributed by atoms with Gasteiger partial charge in [-0.15, -0.1) is 0 Å². The van der Waals surface area contributed by atoms with Gasteiger partial charge in [-0.3, -0.25) is 0 Å². The lowest BCUT2D eigenvalue weighted by Crippen LogP contribution is -2.42. The zero-order valence-corrected chi connectivity index (χ0v) is 8.08. The fourth-order valence-electron chi connectivity index (χ4n) is 0.945. The molecule has 94 valence electrons. The van der Waals surface area contributed by atoms with E-state index in [-0.39, 0.29) is 5.46 Å². The summed E-state index contributed by atoms with van der Waals surface area (Å²) in [6, 6.07) is 3.69. The van der Waals surface area contributed by atoms with Crippen molar-refractivity contribution in [1.82, 2.24) is 0 Å². The Bertz CT molecular complexity index is 393. The molecule has 0 bridgehead atoms. The molecular formula is C8H6BF5O3. The fraction of sp³-hybridized carbons (Fsp3) is 0.250. The SMILES string of the molecule is OB(O)c1cccc(OC(F)(F)C(F)(F)F)c1. The van der Waals surface area contributed by atoms with E-state index in [1.165, 1.54) is 0 Å². The Labute approximate surface area is 92.6 Å². The summed E-state index contributed by atoms with van der Waals surface area (Å²) in [4.78, 5) is 0. The molecule has 1 rings (SSSR count). The smallest absolute Gasteiger partial charge is 0.426 e. The molecule has 1 aromatic carbocycles. The molecule has 0 unspecified atom stereocenters. The van der Waals surface area contributed by atoms with Gasteiger partial charge < -0.3 is 14.8 Å². The highest BCUT2D eigenvalue weighted by Gasteiger charge is 2.61.